The van der Waals surface area contributed by atoms with E-state index in [0.29, 0.717) is 28.4 Å². The molecule has 0 bridgehead atoms. The number of methoxy groups -OCH3 is 1. The van der Waals surface area contributed by atoms with Crippen molar-refractivity contribution in [2.75, 3.05) is 7.11 Å². The van der Waals surface area contributed by atoms with Crippen LogP contribution in [-0.4, -0.2) is 39.8 Å². The van der Waals surface area contributed by atoms with Crippen molar-refractivity contribution >= 4 is 46.1 Å². The molecular formula is C24H19IN4O8. The maximum absolute atomic E-state index is 12.4. The van der Waals surface area contributed by atoms with Crippen LogP contribution in [0.5, 0.6) is 23.1 Å². The maximum atomic E-state index is 12.4. The number of hydrazone groups is 1. The largest absolute Gasteiger partial charge is 0.493 e. The number of carbonyl (C=O) groups is 2. The van der Waals surface area contributed by atoms with Gasteiger partial charge in [0.05, 0.1) is 15.6 Å². The predicted octanol–water partition coefficient (Wildman–Crippen LogP) is 4.56. The molecule has 1 aliphatic heterocycles. The van der Waals surface area contributed by atoms with Gasteiger partial charge in [-0.1, -0.05) is 0 Å². The normalized spacial score (nSPS) is 14.4. The van der Waals surface area contributed by atoms with Crippen LogP contribution >= 0.6 is 22.6 Å². The van der Waals surface area contributed by atoms with Crippen molar-refractivity contribution < 1.29 is 33.5 Å². The highest BCUT2D eigenvalue weighted by Crippen LogP contribution is 2.38. The third kappa shape index (κ3) is 5.77. The molecule has 2 heterocycles. The molecule has 0 N–H and O–H groups in total. The second-order valence-electron chi connectivity index (χ2n) is 7.60. The summed E-state index contributed by atoms with van der Waals surface area (Å²) in [5, 5.41) is 16.4. The van der Waals surface area contributed by atoms with Gasteiger partial charge in [0.15, 0.2) is 11.5 Å². The number of halogens is 1. The average Bonchev–Trinajstić information content (AvgIpc) is 3.31. The van der Waals surface area contributed by atoms with Crippen molar-refractivity contribution in [2.24, 2.45) is 5.10 Å². The monoisotopic (exact) mass is 618 g/mol. The van der Waals surface area contributed by atoms with Gasteiger partial charge in [0, 0.05) is 37.1 Å². The maximum Gasteiger partial charge on any atom is 0.308 e. The zero-order valence-corrected chi connectivity index (χ0v) is 21.9. The molecule has 0 unspecified atom stereocenters. The molecule has 0 saturated carbocycles. The summed E-state index contributed by atoms with van der Waals surface area (Å²) in [5.74, 6) is 0.421. The molecule has 0 fully saturated rings. The smallest absolute Gasteiger partial charge is 0.308 e. The molecule has 0 saturated heterocycles. The van der Waals surface area contributed by atoms with Crippen LogP contribution in [-0.2, 0) is 14.3 Å². The average molecular weight is 618 g/mol. The van der Waals surface area contributed by atoms with Crippen molar-refractivity contribution in [1.29, 1.82) is 0 Å². The lowest BCUT2D eigenvalue weighted by molar-refractivity contribution is -0.385. The number of nitrogens with zero attached hydrogens (tertiary/aromatic N) is 4. The first kappa shape index (κ1) is 25.8. The topological polar surface area (TPSA) is 143 Å². The number of aromatic nitrogens is 1. The van der Waals surface area contributed by atoms with Gasteiger partial charge in [0.2, 0.25) is 23.9 Å². The Labute approximate surface area is 224 Å². The van der Waals surface area contributed by atoms with Gasteiger partial charge in [-0.3, -0.25) is 19.7 Å². The Morgan fingerprint density at radius 3 is 2.49 bits per heavy atom. The standard InChI is InChI=1S/C24H19IN4O8/c1-13(30)28-24(37-23(27-28)15-4-7-18(25)20(10-15)35-14(2)31)16-5-8-19(21(11-16)34-3)36-22-9-6-17(12-26-22)29(32)33/h4-12,24H,1-3H3/t24-/m1/s1. The minimum Gasteiger partial charge on any atom is -0.493 e. The molecule has 37 heavy (non-hydrogen) atoms. The third-order valence-electron chi connectivity index (χ3n) is 5.02. The van der Waals surface area contributed by atoms with Crippen molar-refractivity contribution in [2.45, 2.75) is 20.1 Å². The van der Waals surface area contributed by atoms with E-state index in [-0.39, 0.29) is 23.4 Å². The lowest BCUT2D eigenvalue weighted by Gasteiger charge is -2.20. The Morgan fingerprint density at radius 2 is 1.86 bits per heavy atom. The van der Waals surface area contributed by atoms with E-state index in [1.165, 1.54) is 38.1 Å². The van der Waals surface area contributed by atoms with Gasteiger partial charge in [0.1, 0.15) is 11.9 Å². The zero-order chi connectivity index (χ0) is 26.7. The number of amides is 1. The Bertz CT molecular complexity index is 1410. The Balaban J connectivity index is 1.60. The highest BCUT2D eigenvalue weighted by Gasteiger charge is 2.34. The van der Waals surface area contributed by atoms with Crippen LogP contribution in [0.2, 0.25) is 0 Å². The minimum absolute atomic E-state index is 0.132. The van der Waals surface area contributed by atoms with Crippen LogP contribution in [0.15, 0.2) is 59.8 Å². The number of ether oxygens (including phenoxy) is 4. The van der Waals surface area contributed by atoms with Crippen molar-refractivity contribution in [3.63, 3.8) is 0 Å². The minimum atomic E-state index is -0.899. The molecule has 1 atom stereocenters. The second kappa shape index (κ2) is 10.8. The highest BCUT2D eigenvalue weighted by atomic mass is 127. The first-order valence-corrected chi connectivity index (χ1v) is 11.7. The summed E-state index contributed by atoms with van der Waals surface area (Å²) in [7, 11) is 1.44. The number of carbonyl (C=O) groups excluding carboxylic acids is 2. The molecule has 1 aromatic heterocycles. The number of benzene rings is 2. The van der Waals surface area contributed by atoms with Crippen molar-refractivity contribution in [3.8, 4) is 23.1 Å². The van der Waals surface area contributed by atoms with Gasteiger partial charge >= 0.3 is 5.97 Å². The van der Waals surface area contributed by atoms with E-state index in [0.717, 1.165) is 9.77 Å². The molecule has 0 aliphatic carbocycles. The number of hydrogen-bond donors (Lipinski definition) is 0. The van der Waals surface area contributed by atoms with E-state index in [1.807, 2.05) is 22.6 Å². The van der Waals surface area contributed by atoms with Crippen LogP contribution in [0.3, 0.4) is 0 Å². The van der Waals surface area contributed by atoms with Gasteiger partial charge in [-0.25, -0.2) is 4.98 Å². The molecule has 4 rings (SSSR count). The molecule has 2 aromatic carbocycles. The first-order valence-electron chi connectivity index (χ1n) is 10.7. The van der Waals surface area contributed by atoms with Crippen molar-refractivity contribution in [1.82, 2.24) is 9.99 Å². The molecule has 13 heteroatoms. The van der Waals surface area contributed by atoms with E-state index >= 15 is 0 Å². The molecule has 0 spiro atoms. The lowest BCUT2D eigenvalue weighted by Crippen LogP contribution is -2.25. The summed E-state index contributed by atoms with van der Waals surface area (Å²) in [6.45, 7) is 2.66. The number of esters is 1. The fourth-order valence-corrected chi connectivity index (χ4v) is 3.79. The van der Waals surface area contributed by atoms with Crippen molar-refractivity contribution in [3.05, 3.63) is 79.5 Å². The first-order chi connectivity index (χ1) is 17.7. The fraction of sp³-hybridized carbons (Fsp3) is 0.167. The summed E-state index contributed by atoms with van der Waals surface area (Å²) in [4.78, 5) is 38.0. The molecule has 0 radical (unpaired) electrons. The highest BCUT2D eigenvalue weighted by molar-refractivity contribution is 14.1. The van der Waals surface area contributed by atoms with E-state index in [9.17, 15) is 19.7 Å². The lowest BCUT2D eigenvalue weighted by atomic mass is 10.1. The quantitative estimate of drug-likeness (QED) is 0.122. The predicted molar refractivity (Wildman–Crippen MR) is 137 cm³/mol. The molecule has 1 aliphatic rings. The second-order valence-corrected chi connectivity index (χ2v) is 8.76. The fourth-order valence-electron chi connectivity index (χ4n) is 3.35. The number of hydrogen-bond acceptors (Lipinski definition) is 10. The van der Waals surface area contributed by atoms with Gasteiger partial charge in [-0.05, 0) is 59.0 Å². The van der Waals surface area contributed by atoms with Crippen LogP contribution in [0.25, 0.3) is 0 Å². The summed E-state index contributed by atoms with van der Waals surface area (Å²) in [6, 6.07) is 12.6. The summed E-state index contributed by atoms with van der Waals surface area (Å²) < 4.78 is 23.2. The number of nitro groups is 1. The van der Waals surface area contributed by atoms with Crippen LogP contribution in [0, 0.1) is 13.7 Å². The molecule has 3 aromatic rings. The van der Waals surface area contributed by atoms with E-state index in [1.54, 1.807) is 36.4 Å². The van der Waals surface area contributed by atoms with Gasteiger partial charge in [-0.2, -0.15) is 5.01 Å². The third-order valence-corrected chi connectivity index (χ3v) is 5.91. The molecular weight excluding hydrogens is 599 g/mol. The SMILES string of the molecule is COc1cc([C@H]2OC(c3ccc(I)c(OC(C)=O)c3)=NN2C(C)=O)ccc1Oc1ccc([N+](=O)[O-])cn1. The zero-order valence-electron chi connectivity index (χ0n) is 19.7. The van der Waals surface area contributed by atoms with Gasteiger partial charge in [0.25, 0.3) is 5.69 Å². The summed E-state index contributed by atoms with van der Waals surface area (Å²) in [5.41, 5.74) is 0.892. The van der Waals surface area contributed by atoms with Gasteiger partial charge in [-0.15, -0.1) is 5.10 Å². The Morgan fingerprint density at radius 1 is 1.08 bits per heavy atom. The Kier molecular flexibility index (Phi) is 7.52. The van der Waals surface area contributed by atoms with Crippen LogP contribution < -0.4 is 14.2 Å². The Hall–Kier alpha value is -4.27. The van der Waals surface area contributed by atoms with Gasteiger partial charge < -0.3 is 18.9 Å². The molecule has 1 amide bonds. The molecule has 12 nitrogen and oxygen atoms in total. The van der Waals surface area contributed by atoms with E-state index in [2.05, 4.69) is 10.1 Å². The van der Waals surface area contributed by atoms with Crippen LogP contribution in [0.4, 0.5) is 5.69 Å². The number of pyridine rings is 1. The summed E-state index contributed by atoms with van der Waals surface area (Å²) >= 11 is 2.04. The van der Waals surface area contributed by atoms with E-state index in [4.69, 9.17) is 18.9 Å². The van der Waals surface area contributed by atoms with E-state index < -0.39 is 17.1 Å². The van der Waals surface area contributed by atoms with Crippen LogP contribution in [0.1, 0.15) is 31.2 Å². The molecule has 190 valence electrons. The number of rotatable bonds is 7. The summed E-state index contributed by atoms with van der Waals surface area (Å²) in [6.07, 6.45) is 0.188.